The lowest BCUT2D eigenvalue weighted by Crippen LogP contribution is -2.30. The second kappa shape index (κ2) is 9.98. The van der Waals surface area contributed by atoms with Gasteiger partial charge in [-0.2, -0.15) is 0 Å². The first-order valence-electron chi connectivity index (χ1n) is 9.24. The number of carbonyl (C=O) groups excluding carboxylic acids is 2. The fourth-order valence-electron chi connectivity index (χ4n) is 2.54. The number of ether oxygens (including phenoxy) is 1. The summed E-state index contributed by atoms with van der Waals surface area (Å²) in [4.78, 5) is 36.2. The molecule has 0 bridgehead atoms. The number of anilines is 1. The number of amides is 3. The topological polar surface area (TPSA) is 118 Å². The van der Waals surface area contributed by atoms with Gasteiger partial charge in [-0.1, -0.05) is 30.3 Å². The first kappa shape index (κ1) is 20.0. The summed E-state index contributed by atoms with van der Waals surface area (Å²) >= 11 is 0. The van der Waals surface area contributed by atoms with E-state index in [1.54, 1.807) is 18.3 Å². The van der Waals surface area contributed by atoms with E-state index in [0.717, 1.165) is 5.56 Å². The van der Waals surface area contributed by atoms with Gasteiger partial charge in [0.25, 0.3) is 0 Å². The third kappa shape index (κ3) is 5.86. The van der Waals surface area contributed by atoms with Crippen molar-refractivity contribution >= 4 is 29.1 Å². The summed E-state index contributed by atoms with van der Waals surface area (Å²) in [7, 11) is 1.50. The van der Waals surface area contributed by atoms with Crippen LogP contribution in [0.3, 0.4) is 0 Å². The number of urea groups is 1. The van der Waals surface area contributed by atoms with Crippen LogP contribution in [0.5, 0.6) is 0 Å². The minimum absolute atomic E-state index is 0.303. The molecule has 3 rings (SSSR count). The zero-order chi connectivity index (χ0) is 20.5. The summed E-state index contributed by atoms with van der Waals surface area (Å²) in [5.41, 5.74) is 2.76. The Hall–Kier alpha value is -3.75. The van der Waals surface area contributed by atoms with Gasteiger partial charge in [-0.25, -0.2) is 19.6 Å². The minimum atomic E-state index is -0.461. The number of fused-ring (bicyclic) bond motifs is 1. The number of aromatic nitrogens is 3. The predicted molar refractivity (Wildman–Crippen MR) is 109 cm³/mol. The molecule has 3 N–H and O–H groups in total. The highest BCUT2D eigenvalue weighted by atomic mass is 16.5. The van der Waals surface area contributed by atoms with Crippen LogP contribution in [-0.2, 0) is 4.74 Å². The molecule has 0 unspecified atom stereocenters. The maximum atomic E-state index is 12.0. The summed E-state index contributed by atoms with van der Waals surface area (Å²) in [5, 5.41) is 7.79. The molecule has 29 heavy (non-hydrogen) atoms. The molecule has 9 nitrogen and oxygen atoms in total. The van der Waals surface area contributed by atoms with Gasteiger partial charge in [0.1, 0.15) is 11.3 Å². The number of hydrogen-bond donors (Lipinski definition) is 3. The minimum Gasteiger partial charge on any atom is -0.450 e. The van der Waals surface area contributed by atoms with Gasteiger partial charge in [0, 0.05) is 19.2 Å². The quantitative estimate of drug-likeness (QED) is 0.530. The second-order valence-electron chi connectivity index (χ2n) is 6.13. The maximum absolute atomic E-state index is 12.0. The smallest absolute Gasteiger partial charge is 0.406 e. The van der Waals surface area contributed by atoms with Crippen LogP contribution < -0.4 is 16.0 Å². The molecule has 0 saturated heterocycles. The van der Waals surface area contributed by atoms with Crippen molar-refractivity contribution < 1.29 is 14.3 Å². The first-order valence-corrected chi connectivity index (χ1v) is 9.24. The van der Waals surface area contributed by atoms with Crippen molar-refractivity contribution in [2.24, 2.45) is 0 Å². The predicted octanol–water partition coefficient (Wildman–Crippen LogP) is 2.95. The highest BCUT2D eigenvalue weighted by Crippen LogP contribution is 2.18. The van der Waals surface area contributed by atoms with E-state index in [1.165, 1.54) is 7.05 Å². The number of carbonyl (C=O) groups is 2. The molecule has 0 atom stereocenters. The number of nitrogens with one attached hydrogen (secondary N) is 3. The molecule has 0 aliphatic carbocycles. The molecule has 1 aromatic carbocycles. The number of alkyl carbamates (subject to hydrolysis) is 1. The van der Waals surface area contributed by atoms with E-state index in [9.17, 15) is 9.59 Å². The van der Waals surface area contributed by atoms with Crippen LogP contribution >= 0.6 is 0 Å². The fourth-order valence-corrected chi connectivity index (χ4v) is 2.54. The lowest BCUT2D eigenvalue weighted by molar-refractivity contribution is 0.146. The summed E-state index contributed by atoms with van der Waals surface area (Å²) in [6, 6.07) is 12.8. The normalized spacial score (nSPS) is 10.4. The first-order chi connectivity index (χ1) is 14.2. The van der Waals surface area contributed by atoms with Crippen molar-refractivity contribution in [2.45, 2.75) is 12.8 Å². The van der Waals surface area contributed by atoms with E-state index < -0.39 is 6.09 Å². The molecule has 2 aromatic heterocycles. The van der Waals surface area contributed by atoms with Gasteiger partial charge in [-0.15, -0.1) is 0 Å². The number of hydrogen-bond acceptors (Lipinski definition) is 6. The number of pyridine rings is 1. The van der Waals surface area contributed by atoms with Crippen molar-refractivity contribution in [1.82, 2.24) is 25.6 Å². The number of rotatable bonds is 7. The third-order valence-electron chi connectivity index (χ3n) is 4.01. The Kier molecular flexibility index (Phi) is 6.88. The Bertz CT molecular complexity index is 980. The Morgan fingerprint density at radius 3 is 2.66 bits per heavy atom. The van der Waals surface area contributed by atoms with Gasteiger partial charge in [-0.05, 0) is 25.0 Å². The maximum Gasteiger partial charge on any atom is 0.406 e. The number of benzene rings is 1. The van der Waals surface area contributed by atoms with Crippen LogP contribution in [0, 0.1) is 0 Å². The third-order valence-corrected chi connectivity index (χ3v) is 4.01. The van der Waals surface area contributed by atoms with Crippen molar-refractivity contribution in [3.8, 4) is 11.3 Å². The van der Waals surface area contributed by atoms with Crippen LogP contribution in [-0.4, -0.2) is 47.3 Å². The van der Waals surface area contributed by atoms with Gasteiger partial charge < -0.3 is 15.4 Å². The standard InChI is InChI=1S/C20H22N6O3/c1-21-20(28)29-12-6-5-11-22-19(27)26-17-10-9-15-18(25-17)24-16(13-23-15)14-7-3-2-4-8-14/h2-4,7-10,13H,5-6,11-12H2,1H3,(H,21,28)(H2,22,24,25,26,27). The second-order valence-corrected chi connectivity index (χ2v) is 6.13. The van der Waals surface area contributed by atoms with Crippen molar-refractivity contribution in [1.29, 1.82) is 0 Å². The molecular weight excluding hydrogens is 372 g/mol. The van der Waals surface area contributed by atoms with Crippen LogP contribution in [0.4, 0.5) is 15.4 Å². The molecule has 0 saturated carbocycles. The molecule has 0 aliphatic rings. The van der Waals surface area contributed by atoms with Crippen LogP contribution in [0.15, 0.2) is 48.7 Å². The monoisotopic (exact) mass is 394 g/mol. The SMILES string of the molecule is CNC(=O)OCCCCNC(=O)Nc1ccc2ncc(-c3ccccc3)nc2n1. The van der Waals surface area contributed by atoms with Gasteiger partial charge in [0.15, 0.2) is 5.65 Å². The van der Waals surface area contributed by atoms with E-state index >= 15 is 0 Å². The van der Waals surface area contributed by atoms with Crippen molar-refractivity contribution in [3.05, 3.63) is 48.7 Å². The lowest BCUT2D eigenvalue weighted by atomic mass is 10.2. The zero-order valence-electron chi connectivity index (χ0n) is 16.0. The average molecular weight is 394 g/mol. The summed E-state index contributed by atoms with van der Waals surface area (Å²) in [5.74, 6) is 0.387. The van der Waals surface area contributed by atoms with Crippen molar-refractivity contribution in [2.75, 3.05) is 25.5 Å². The molecule has 0 spiro atoms. The van der Waals surface area contributed by atoms with E-state index in [-0.39, 0.29) is 6.03 Å². The van der Waals surface area contributed by atoms with E-state index in [0.29, 0.717) is 48.7 Å². The van der Waals surface area contributed by atoms with Crippen LogP contribution in [0.25, 0.3) is 22.4 Å². The Balaban J connectivity index is 1.53. The van der Waals surface area contributed by atoms with Crippen LogP contribution in [0.2, 0.25) is 0 Å². The Morgan fingerprint density at radius 1 is 1.03 bits per heavy atom. The average Bonchev–Trinajstić information content (AvgIpc) is 2.76. The van der Waals surface area contributed by atoms with Gasteiger partial charge >= 0.3 is 12.1 Å². The van der Waals surface area contributed by atoms with Crippen LogP contribution in [0.1, 0.15) is 12.8 Å². The molecule has 3 aromatic rings. The fraction of sp³-hybridized carbons (Fsp3) is 0.250. The molecule has 2 heterocycles. The highest BCUT2D eigenvalue weighted by Gasteiger charge is 2.07. The largest absolute Gasteiger partial charge is 0.450 e. The molecule has 3 amide bonds. The molecule has 9 heteroatoms. The summed E-state index contributed by atoms with van der Waals surface area (Å²) < 4.78 is 4.88. The number of nitrogens with zero attached hydrogens (tertiary/aromatic N) is 3. The molecule has 0 fully saturated rings. The Morgan fingerprint density at radius 2 is 1.86 bits per heavy atom. The molecule has 0 aliphatic heterocycles. The van der Waals surface area contributed by atoms with E-state index in [4.69, 9.17) is 4.74 Å². The molecule has 0 radical (unpaired) electrons. The molecule has 150 valence electrons. The summed E-state index contributed by atoms with van der Waals surface area (Å²) in [6.45, 7) is 0.756. The number of unbranched alkanes of at least 4 members (excludes halogenated alkanes) is 1. The lowest BCUT2D eigenvalue weighted by Gasteiger charge is -2.08. The Labute approximate surface area is 167 Å². The van der Waals surface area contributed by atoms with Crippen molar-refractivity contribution in [3.63, 3.8) is 0 Å². The zero-order valence-corrected chi connectivity index (χ0v) is 16.0. The van der Waals surface area contributed by atoms with Gasteiger partial charge in [0.2, 0.25) is 0 Å². The van der Waals surface area contributed by atoms with E-state index in [2.05, 4.69) is 30.9 Å². The van der Waals surface area contributed by atoms with Gasteiger partial charge in [-0.3, -0.25) is 10.3 Å². The van der Waals surface area contributed by atoms with Gasteiger partial charge in [0.05, 0.1) is 18.5 Å². The highest BCUT2D eigenvalue weighted by molar-refractivity contribution is 5.89. The van der Waals surface area contributed by atoms with E-state index in [1.807, 2.05) is 30.3 Å². The summed E-state index contributed by atoms with van der Waals surface area (Å²) in [6.07, 6.45) is 2.57. The molecular formula is C20H22N6O3.